The molecule has 0 saturated heterocycles. The van der Waals surface area contributed by atoms with Crippen LogP contribution in [0.3, 0.4) is 0 Å². The summed E-state index contributed by atoms with van der Waals surface area (Å²) in [6.45, 7) is 8.91. The molecule has 1 saturated carbocycles. The first kappa shape index (κ1) is 17.0. The fraction of sp³-hybridized carbons (Fsp3) is 0.647. The number of benzene rings is 1. The minimum Gasteiger partial charge on any atom is -0.493 e. The lowest BCUT2D eigenvalue weighted by Gasteiger charge is -2.21. The Labute approximate surface area is 114 Å². The molecule has 1 nitrogen and oxygen atoms in total. The molecule has 1 heteroatoms. The third-order valence-electron chi connectivity index (χ3n) is 2.95. The van der Waals surface area contributed by atoms with Gasteiger partial charge in [-0.2, -0.15) is 0 Å². The first-order valence-corrected chi connectivity index (χ1v) is 7.63. The molecule has 0 unspecified atom stereocenters. The first-order valence-electron chi connectivity index (χ1n) is 7.63. The third kappa shape index (κ3) is 7.37. The van der Waals surface area contributed by atoms with Crippen molar-refractivity contribution in [2.24, 2.45) is 5.92 Å². The van der Waals surface area contributed by atoms with Crippen molar-refractivity contribution in [1.29, 1.82) is 0 Å². The molecule has 0 bridgehead atoms. The van der Waals surface area contributed by atoms with Gasteiger partial charge in [0.25, 0.3) is 0 Å². The molecule has 0 heterocycles. The molecule has 0 N–H and O–H groups in total. The maximum Gasteiger partial charge on any atom is 0.119 e. The lowest BCUT2D eigenvalue weighted by atomic mass is 9.90. The summed E-state index contributed by atoms with van der Waals surface area (Å²) in [6.07, 6.45) is 6.91. The Morgan fingerprint density at radius 1 is 0.889 bits per heavy atom. The van der Waals surface area contributed by atoms with Crippen LogP contribution in [0.1, 0.15) is 59.8 Å². The van der Waals surface area contributed by atoms with E-state index in [1.165, 1.54) is 32.1 Å². The predicted molar refractivity (Wildman–Crippen MR) is 81.2 cm³/mol. The molecule has 2 rings (SSSR count). The summed E-state index contributed by atoms with van der Waals surface area (Å²) in [6, 6.07) is 10.1. The summed E-state index contributed by atoms with van der Waals surface area (Å²) >= 11 is 0. The van der Waals surface area contributed by atoms with Crippen LogP contribution in [0.15, 0.2) is 30.3 Å². The average Bonchev–Trinajstić information content (AvgIpc) is 2.51. The van der Waals surface area contributed by atoms with E-state index >= 15 is 0 Å². The van der Waals surface area contributed by atoms with Crippen LogP contribution in [0.25, 0.3) is 0 Å². The molecule has 0 spiro atoms. The van der Waals surface area contributed by atoms with Gasteiger partial charge in [-0.3, -0.25) is 0 Å². The topological polar surface area (TPSA) is 9.23 Å². The van der Waals surface area contributed by atoms with Gasteiger partial charge in [0, 0.05) is 0 Å². The van der Waals surface area contributed by atoms with E-state index < -0.39 is 0 Å². The number of ether oxygens (including phenoxy) is 1. The maximum atomic E-state index is 5.75. The van der Waals surface area contributed by atoms with E-state index in [0.717, 1.165) is 18.3 Å². The molecule has 1 aliphatic carbocycles. The van der Waals surface area contributed by atoms with E-state index in [0.29, 0.717) is 0 Å². The van der Waals surface area contributed by atoms with Crippen molar-refractivity contribution in [3.8, 4) is 5.75 Å². The molecule has 0 radical (unpaired) electrons. The van der Waals surface area contributed by atoms with Crippen LogP contribution in [-0.4, -0.2) is 6.61 Å². The Balaban J connectivity index is 0.000000659. The zero-order valence-electron chi connectivity index (χ0n) is 12.6. The quantitative estimate of drug-likeness (QED) is 0.668. The van der Waals surface area contributed by atoms with Crippen molar-refractivity contribution < 1.29 is 4.74 Å². The van der Waals surface area contributed by atoms with E-state index in [9.17, 15) is 0 Å². The van der Waals surface area contributed by atoms with Crippen LogP contribution in [-0.2, 0) is 0 Å². The van der Waals surface area contributed by atoms with Crippen molar-refractivity contribution in [2.75, 3.05) is 6.61 Å². The van der Waals surface area contributed by atoms with E-state index in [2.05, 4.69) is 0 Å². The van der Waals surface area contributed by atoms with E-state index in [4.69, 9.17) is 4.74 Å². The highest BCUT2D eigenvalue weighted by Crippen LogP contribution is 2.24. The SMILES string of the molecule is CC.CC.c1ccc(OCC2CCCCC2)cc1. The van der Waals surface area contributed by atoms with Gasteiger partial charge in [-0.15, -0.1) is 0 Å². The molecule has 0 aromatic heterocycles. The molecule has 1 aromatic carbocycles. The summed E-state index contributed by atoms with van der Waals surface area (Å²) < 4.78 is 5.75. The third-order valence-corrected chi connectivity index (χ3v) is 2.95. The Bertz CT molecular complexity index is 250. The monoisotopic (exact) mass is 250 g/mol. The van der Waals surface area contributed by atoms with Crippen LogP contribution in [0.2, 0.25) is 0 Å². The van der Waals surface area contributed by atoms with Gasteiger partial charge in [-0.1, -0.05) is 65.2 Å². The van der Waals surface area contributed by atoms with Crippen LogP contribution in [0.4, 0.5) is 0 Å². The minimum atomic E-state index is 0.795. The molecular formula is C17H30O. The number of rotatable bonds is 3. The predicted octanol–water partition coefficient (Wildman–Crippen LogP) is 5.70. The van der Waals surface area contributed by atoms with Crippen LogP contribution < -0.4 is 4.74 Å². The number of hydrogen-bond acceptors (Lipinski definition) is 1. The van der Waals surface area contributed by atoms with Crippen molar-refractivity contribution in [3.05, 3.63) is 30.3 Å². The van der Waals surface area contributed by atoms with Gasteiger partial charge in [0.15, 0.2) is 0 Å². The Hall–Kier alpha value is -0.980. The number of hydrogen-bond donors (Lipinski definition) is 0. The van der Waals surface area contributed by atoms with Crippen molar-refractivity contribution in [2.45, 2.75) is 59.8 Å². The van der Waals surface area contributed by atoms with Gasteiger partial charge in [0.1, 0.15) is 5.75 Å². The van der Waals surface area contributed by atoms with Crippen LogP contribution >= 0.6 is 0 Å². The van der Waals surface area contributed by atoms with Gasteiger partial charge >= 0.3 is 0 Å². The van der Waals surface area contributed by atoms with Crippen LogP contribution in [0.5, 0.6) is 5.75 Å². The standard InChI is InChI=1S/C13H18O.2C2H6/c1-3-7-12(8-4-1)11-14-13-9-5-2-6-10-13;2*1-2/h2,5-6,9-10,12H,1,3-4,7-8,11H2;2*1-2H3. The summed E-state index contributed by atoms with van der Waals surface area (Å²) in [5.74, 6) is 1.81. The summed E-state index contributed by atoms with van der Waals surface area (Å²) in [5, 5.41) is 0. The van der Waals surface area contributed by atoms with Gasteiger partial charge in [-0.25, -0.2) is 0 Å². The molecule has 18 heavy (non-hydrogen) atoms. The highest BCUT2D eigenvalue weighted by molar-refractivity contribution is 5.20. The minimum absolute atomic E-state index is 0.795. The molecule has 104 valence electrons. The van der Waals surface area contributed by atoms with Crippen LogP contribution in [0, 0.1) is 5.92 Å². The molecule has 0 amide bonds. The largest absolute Gasteiger partial charge is 0.493 e. The Morgan fingerprint density at radius 2 is 1.44 bits per heavy atom. The second kappa shape index (κ2) is 12.5. The second-order valence-electron chi connectivity index (χ2n) is 4.13. The van der Waals surface area contributed by atoms with Gasteiger partial charge in [0.05, 0.1) is 6.61 Å². The van der Waals surface area contributed by atoms with Gasteiger partial charge < -0.3 is 4.74 Å². The average molecular weight is 250 g/mol. The van der Waals surface area contributed by atoms with E-state index in [1.54, 1.807) is 0 Å². The molecule has 0 atom stereocenters. The smallest absolute Gasteiger partial charge is 0.119 e. The highest BCUT2D eigenvalue weighted by atomic mass is 16.5. The van der Waals surface area contributed by atoms with Gasteiger partial charge in [-0.05, 0) is 30.9 Å². The normalized spacial score (nSPS) is 14.7. The fourth-order valence-corrected chi connectivity index (χ4v) is 2.08. The molecule has 0 aliphatic heterocycles. The second-order valence-corrected chi connectivity index (χ2v) is 4.13. The zero-order valence-corrected chi connectivity index (χ0v) is 12.6. The maximum absolute atomic E-state index is 5.75. The molecular weight excluding hydrogens is 220 g/mol. The summed E-state index contributed by atoms with van der Waals surface area (Å²) in [5.41, 5.74) is 0. The molecule has 1 fully saturated rings. The summed E-state index contributed by atoms with van der Waals surface area (Å²) in [7, 11) is 0. The first-order chi connectivity index (χ1) is 8.95. The molecule has 1 aromatic rings. The van der Waals surface area contributed by atoms with E-state index in [-0.39, 0.29) is 0 Å². The molecule has 1 aliphatic rings. The van der Waals surface area contributed by atoms with Gasteiger partial charge in [0.2, 0.25) is 0 Å². The fourth-order valence-electron chi connectivity index (χ4n) is 2.08. The Kier molecular flexibility index (Phi) is 11.8. The Morgan fingerprint density at radius 3 is 2.00 bits per heavy atom. The number of para-hydroxylation sites is 1. The zero-order chi connectivity index (χ0) is 13.6. The summed E-state index contributed by atoms with van der Waals surface area (Å²) in [4.78, 5) is 0. The lowest BCUT2D eigenvalue weighted by Crippen LogP contribution is -2.15. The van der Waals surface area contributed by atoms with Crippen molar-refractivity contribution in [3.63, 3.8) is 0 Å². The van der Waals surface area contributed by atoms with Crippen molar-refractivity contribution >= 4 is 0 Å². The van der Waals surface area contributed by atoms with Crippen molar-refractivity contribution in [1.82, 2.24) is 0 Å². The highest BCUT2D eigenvalue weighted by Gasteiger charge is 2.13. The lowest BCUT2D eigenvalue weighted by molar-refractivity contribution is 0.209. The van der Waals surface area contributed by atoms with E-state index in [1.807, 2.05) is 58.0 Å².